The molecule has 16 heavy (non-hydrogen) atoms. The van der Waals surface area contributed by atoms with E-state index in [1.807, 2.05) is 0 Å². The maximum absolute atomic E-state index is 11.8. The summed E-state index contributed by atoms with van der Waals surface area (Å²) in [6, 6.07) is 0.316. The van der Waals surface area contributed by atoms with Crippen molar-refractivity contribution in [2.75, 3.05) is 19.8 Å². The van der Waals surface area contributed by atoms with Gasteiger partial charge in [-0.2, -0.15) is 0 Å². The van der Waals surface area contributed by atoms with Crippen LogP contribution in [0.15, 0.2) is 0 Å². The molecule has 0 spiro atoms. The van der Waals surface area contributed by atoms with E-state index >= 15 is 0 Å². The second-order valence-electron chi connectivity index (χ2n) is 4.97. The number of amides is 1. The van der Waals surface area contributed by atoms with E-state index in [0.29, 0.717) is 18.6 Å². The molecule has 1 aliphatic carbocycles. The monoisotopic (exact) mass is 227 g/mol. The van der Waals surface area contributed by atoms with Gasteiger partial charge in [0.2, 0.25) is 5.91 Å². The molecular weight excluding hydrogens is 206 g/mol. The van der Waals surface area contributed by atoms with Crippen LogP contribution in [0.2, 0.25) is 0 Å². The SMILES string of the molecule is O=C(NC1CCC(CO)CC1)C1CCOC1. The predicted octanol–water partition coefficient (Wildman–Crippen LogP) is 0.690. The van der Waals surface area contributed by atoms with E-state index in [2.05, 4.69) is 5.32 Å². The number of aliphatic hydroxyl groups is 1. The first kappa shape index (κ1) is 11.9. The van der Waals surface area contributed by atoms with Crippen molar-refractivity contribution in [2.45, 2.75) is 38.1 Å². The zero-order valence-electron chi connectivity index (χ0n) is 9.65. The number of nitrogens with one attached hydrogen (secondary N) is 1. The minimum atomic E-state index is 0.0653. The van der Waals surface area contributed by atoms with Crippen molar-refractivity contribution in [1.29, 1.82) is 0 Å². The van der Waals surface area contributed by atoms with Crippen molar-refractivity contribution in [2.24, 2.45) is 11.8 Å². The van der Waals surface area contributed by atoms with Crippen LogP contribution in [0.5, 0.6) is 0 Å². The molecule has 2 rings (SSSR count). The molecule has 2 fully saturated rings. The number of hydrogen-bond acceptors (Lipinski definition) is 3. The summed E-state index contributed by atoms with van der Waals surface area (Å²) < 4.78 is 5.21. The molecule has 92 valence electrons. The lowest BCUT2D eigenvalue weighted by atomic mass is 9.86. The molecule has 4 heteroatoms. The van der Waals surface area contributed by atoms with Gasteiger partial charge in [0.05, 0.1) is 12.5 Å². The van der Waals surface area contributed by atoms with Crippen LogP contribution in [0.4, 0.5) is 0 Å². The van der Waals surface area contributed by atoms with Crippen molar-refractivity contribution in [1.82, 2.24) is 5.32 Å². The van der Waals surface area contributed by atoms with E-state index in [-0.39, 0.29) is 18.4 Å². The first-order valence-corrected chi connectivity index (χ1v) is 6.28. The predicted molar refractivity (Wildman–Crippen MR) is 59.9 cm³/mol. The second-order valence-corrected chi connectivity index (χ2v) is 4.97. The lowest BCUT2D eigenvalue weighted by molar-refractivity contribution is -0.126. The Kier molecular flexibility index (Phi) is 4.18. The molecule has 1 heterocycles. The largest absolute Gasteiger partial charge is 0.396 e. The van der Waals surface area contributed by atoms with E-state index in [0.717, 1.165) is 38.7 Å². The van der Waals surface area contributed by atoms with Crippen molar-refractivity contribution in [3.63, 3.8) is 0 Å². The second kappa shape index (κ2) is 5.64. The van der Waals surface area contributed by atoms with E-state index < -0.39 is 0 Å². The Morgan fingerprint density at radius 1 is 1.25 bits per heavy atom. The van der Waals surface area contributed by atoms with Gasteiger partial charge in [-0.1, -0.05) is 0 Å². The molecule has 2 aliphatic rings. The fraction of sp³-hybridized carbons (Fsp3) is 0.917. The summed E-state index contributed by atoms with van der Waals surface area (Å²) in [6.07, 6.45) is 4.93. The summed E-state index contributed by atoms with van der Waals surface area (Å²) >= 11 is 0. The smallest absolute Gasteiger partial charge is 0.225 e. The highest BCUT2D eigenvalue weighted by atomic mass is 16.5. The van der Waals surface area contributed by atoms with Crippen LogP contribution in [-0.2, 0) is 9.53 Å². The lowest BCUT2D eigenvalue weighted by Crippen LogP contribution is -2.41. The molecule has 2 N–H and O–H groups in total. The summed E-state index contributed by atoms with van der Waals surface area (Å²) in [5, 5.41) is 12.1. The average molecular weight is 227 g/mol. The molecule has 1 unspecified atom stereocenters. The van der Waals surface area contributed by atoms with Gasteiger partial charge in [-0.15, -0.1) is 0 Å². The Hall–Kier alpha value is -0.610. The van der Waals surface area contributed by atoms with Gasteiger partial charge in [0, 0.05) is 19.3 Å². The molecule has 1 saturated carbocycles. The Morgan fingerprint density at radius 2 is 2.00 bits per heavy atom. The highest BCUT2D eigenvalue weighted by molar-refractivity contribution is 5.79. The fourth-order valence-electron chi connectivity index (χ4n) is 2.55. The van der Waals surface area contributed by atoms with Crippen LogP contribution in [0.25, 0.3) is 0 Å². The van der Waals surface area contributed by atoms with Gasteiger partial charge in [-0.05, 0) is 38.0 Å². The Bertz CT molecular complexity index is 230. The first-order chi connectivity index (χ1) is 7.79. The van der Waals surface area contributed by atoms with E-state index in [9.17, 15) is 4.79 Å². The summed E-state index contributed by atoms with van der Waals surface area (Å²) in [7, 11) is 0. The van der Waals surface area contributed by atoms with E-state index in [1.165, 1.54) is 0 Å². The number of carbonyl (C=O) groups excluding carboxylic acids is 1. The third-order valence-corrected chi connectivity index (χ3v) is 3.75. The number of hydrogen-bond donors (Lipinski definition) is 2. The molecule has 1 amide bonds. The van der Waals surface area contributed by atoms with Crippen molar-refractivity contribution >= 4 is 5.91 Å². The van der Waals surface area contributed by atoms with Crippen LogP contribution < -0.4 is 5.32 Å². The van der Waals surface area contributed by atoms with Gasteiger partial charge in [0.25, 0.3) is 0 Å². The van der Waals surface area contributed by atoms with Gasteiger partial charge in [-0.3, -0.25) is 4.79 Å². The highest BCUT2D eigenvalue weighted by Crippen LogP contribution is 2.24. The Morgan fingerprint density at radius 3 is 2.56 bits per heavy atom. The normalized spacial score (nSPS) is 34.9. The number of rotatable bonds is 3. The van der Waals surface area contributed by atoms with Crippen molar-refractivity contribution in [3.8, 4) is 0 Å². The molecule has 0 radical (unpaired) electrons. The molecule has 0 aromatic rings. The Balaban J connectivity index is 1.71. The molecule has 4 nitrogen and oxygen atoms in total. The molecule has 0 aromatic heterocycles. The van der Waals surface area contributed by atoms with Crippen LogP contribution >= 0.6 is 0 Å². The van der Waals surface area contributed by atoms with Gasteiger partial charge in [-0.25, -0.2) is 0 Å². The van der Waals surface area contributed by atoms with E-state index in [1.54, 1.807) is 0 Å². The summed E-state index contributed by atoms with van der Waals surface area (Å²) in [6.45, 7) is 1.59. The number of ether oxygens (including phenoxy) is 1. The van der Waals surface area contributed by atoms with Crippen LogP contribution in [0.3, 0.4) is 0 Å². The third-order valence-electron chi connectivity index (χ3n) is 3.75. The number of carbonyl (C=O) groups is 1. The fourth-order valence-corrected chi connectivity index (χ4v) is 2.55. The molecule has 1 atom stereocenters. The quantitative estimate of drug-likeness (QED) is 0.746. The van der Waals surface area contributed by atoms with Gasteiger partial charge in [0.15, 0.2) is 0 Å². The summed E-state index contributed by atoms with van der Waals surface area (Å²) in [5.41, 5.74) is 0. The average Bonchev–Trinajstić information content (AvgIpc) is 2.83. The summed E-state index contributed by atoms with van der Waals surface area (Å²) in [5.74, 6) is 0.670. The molecule has 0 bridgehead atoms. The van der Waals surface area contributed by atoms with Crippen molar-refractivity contribution < 1.29 is 14.6 Å². The lowest BCUT2D eigenvalue weighted by Gasteiger charge is -2.28. The van der Waals surface area contributed by atoms with Gasteiger partial charge < -0.3 is 15.2 Å². The van der Waals surface area contributed by atoms with Crippen molar-refractivity contribution in [3.05, 3.63) is 0 Å². The zero-order valence-corrected chi connectivity index (χ0v) is 9.65. The minimum absolute atomic E-state index is 0.0653. The molecular formula is C12H21NO3. The Labute approximate surface area is 96.4 Å². The standard InChI is InChI=1S/C12H21NO3/c14-7-9-1-3-11(4-2-9)13-12(15)10-5-6-16-8-10/h9-11,14H,1-8H2,(H,13,15). The van der Waals surface area contributed by atoms with Crippen LogP contribution in [-0.4, -0.2) is 36.9 Å². The maximum atomic E-state index is 11.8. The highest BCUT2D eigenvalue weighted by Gasteiger charge is 2.27. The maximum Gasteiger partial charge on any atom is 0.225 e. The number of aliphatic hydroxyl groups excluding tert-OH is 1. The first-order valence-electron chi connectivity index (χ1n) is 6.28. The summed E-state index contributed by atoms with van der Waals surface area (Å²) in [4.78, 5) is 11.8. The van der Waals surface area contributed by atoms with Crippen LogP contribution in [0, 0.1) is 11.8 Å². The van der Waals surface area contributed by atoms with E-state index in [4.69, 9.17) is 9.84 Å². The molecule has 1 aliphatic heterocycles. The molecule has 1 saturated heterocycles. The zero-order chi connectivity index (χ0) is 11.4. The van der Waals surface area contributed by atoms with Gasteiger partial charge >= 0.3 is 0 Å². The third kappa shape index (κ3) is 2.95. The van der Waals surface area contributed by atoms with Gasteiger partial charge in [0.1, 0.15) is 0 Å². The van der Waals surface area contributed by atoms with Crippen LogP contribution in [0.1, 0.15) is 32.1 Å². The topological polar surface area (TPSA) is 58.6 Å². The minimum Gasteiger partial charge on any atom is -0.396 e. The molecule has 0 aromatic carbocycles.